The normalized spacial score (nSPS) is 25.5. The van der Waals surface area contributed by atoms with E-state index in [9.17, 15) is 0 Å². The Labute approximate surface area is 101 Å². The first-order valence-corrected chi connectivity index (χ1v) is 6.86. The third kappa shape index (κ3) is 4.40. The number of ether oxygens (including phenoxy) is 1. The molecule has 16 heavy (non-hydrogen) atoms. The fraction of sp³-hybridized carbons (Fsp3) is 1.00. The lowest BCUT2D eigenvalue weighted by atomic mass is 10.2. The first kappa shape index (κ1) is 13.9. The second kappa shape index (κ2) is 8.04. The smallest absolute Gasteiger partial charge is 0.0593 e. The molecule has 0 aromatic rings. The van der Waals surface area contributed by atoms with E-state index in [-0.39, 0.29) is 0 Å². The highest BCUT2D eigenvalue weighted by molar-refractivity contribution is 4.86. The van der Waals surface area contributed by atoms with Gasteiger partial charge in [-0.15, -0.1) is 0 Å². The molecule has 3 nitrogen and oxygen atoms in total. The highest BCUT2D eigenvalue weighted by Crippen LogP contribution is 2.23. The van der Waals surface area contributed by atoms with Crippen molar-refractivity contribution in [3.05, 3.63) is 0 Å². The van der Waals surface area contributed by atoms with Gasteiger partial charge >= 0.3 is 0 Å². The van der Waals surface area contributed by atoms with E-state index >= 15 is 0 Å². The average molecular weight is 228 g/mol. The molecule has 1 rings (SSSR count). The zero-order valence-electron chi connectivity index (χ0n) is 11.2. The number of rotatable bonds is 8. The van der Waals surface area contributed by atoms with Crippen LogP contribution in [0, 0.1) is 0 Å². The Morgan fingerprint density at radius 3 is 2.69 bits per heavy atom. The van der Waals surface area contributed by atoms with E-state index < -0.39 is 0 Å². The number of likely N-dealkylation sites (N-methyl/N-ethyl adjacent to an activating group) is 1. The fourth-order valence-corrected chi connectivity index (χ4v) is 2.69. The second-order valence-electron chi connectivity index (χ2n) is 4.55. The van der Waals surface area contributed by atoms with Crippen LogP contribution in [-0.2, 0) is 4.74 Å². The predicted molar refractivity (Wildman–Crippen MR) is 68.8 cm³/mol. The highest BCUT2D eigenvalue weighted by Gasteiger charge is 2.27. The molecule has 1 N–H and O–H groups in total. The van der Waals surface area contributed by atoms with Crippen molar-refractivity contribution in [2.75, 3.05) is 32.8 Å². The molecule has 96 valence electrons. The third-order valence-corrected chi connectivity index (χ3v) is 3.55. The largest absolute Gasteiger partial charge is 0.380 e. The van der Waals surface area contributed by atoms with Crippen LogP contribution in [0.1, 0.15) is 40.0 Å². The molecular weight excluding hydrogens is 200 g/mol. The van der Waals surface area contributed by atoms with Crippen LogP contribution < -0.4 is 5.32 Å². The molecule has 0 aromatic carbocycles. The van der Waals surface area contributed by atoms with Crippen molar-refractivity contribution in [1.82, 2.24) is 10.2 Å². The Morgan fingerprint density at radius 1 is 1.25 bits per heavy atom. The number of hydrogen-bond donors (Lipinski definition) is 1. The maximum Gasteiger partial charge on any atom is 0.0593 e. The first-order valence-electron chi connectivity index (χ1n) is 6.86. The van der Waals surface area contributed by atoms with E-state index in [1.165, 1.54) is 19.3 Å². The summed E-state index contributed by atoms with van der Waals surface area (Å²) in [6.45, 7) is 11.6. The molecule has 0 saturated heterocycles. The molecule has 1 aliphatic rings. The zero-order valence-corrected chi connectivity index (χ0v) is 11.2. The molecule has 1 fully saturated rings. The van der Waals surface area contributed by atoms with Crippen molar-refractivity contribution in [3.63, 3.8) is 0 Å². The standard InChI is InChI=1S/C13H28N2O/c1-4-14-12-7-8-13(11-12)15(5-2)9-10-16-6-3/h12-14H,4-11H2,1-3H3. The van der Waals surface area contributed by atoms with Gasteiger partial charge in [0, 0.05) is 25.2 Å². The van der Waals surface area contributed by atoms with Gasteiger partial charge in [-0.1, -0.05) is 13.8 Å². The summed E-state index contributed by atoms with van der Waals surface area (Å²) in [6, 6.07) is 1.52. The molecule has 3 heteroatoms. The summed E-state index contributed by atoms with van der Waals surface area (Å²) in [5, 5.41) is 3.56. The molecule has 0 spiro atoms. The number of nitrogens with one attached hydrogen (secondary N) is 1. The van der Waals surface area contributed by atoms with E-state index in [2.05, 4.69) is 31.0 Å². The molecule has 1 saturated carbocycles. The van der Waals surface area contributed by atoms with Crippen LogP contribution in [0.5, 0.6) is 0 Å². The minimum Gasteiger partial charge on any atom is -0.380 e. The Bertz CT molecular complexity index is 175. The lowest BCUT2D eigenvalue weighted by Crippen LogP contribution is -2.37. The van der Waals surface area contributed by atoms with E-state index in [0.29, 0.717) is 0 Å². The molecule has 2 unspecified atom stereocenters. The fourth-order valence-electron chi connectivity index (χ4n) is 2.69. The SMILES string of the molecule is CCNC1CCC(N(CC)CCOCC)C1. The number of hydrogen-bond acceptors (Lipinski definition) is 3. The Hall–Kier alpha value is -0.120. The lowest BCUT2D eigenvalue weighted by Gasteiger charge is -2.27. The second-order valence-corrected chi connectivity index (χ2v) is 4.55. The monoisotopic (exact) mass is 228 g/mol. The molecule has 0 aromatic heterocycles. The Kier molecular flexibility index (Phi) is 7.01. The van der Waals surface area contributed by atoms with Gasteiger partial charge in [0.1, 0.15) is 0 Å². The van der Waals surface area contributed by atoms with Crippen molar-refractivity contribution in [3.8, 4) is 0 Å². The molecule has 0 radical (unpaired) electrons. The minimum absolute atomic E-state index is 0.746. The van der Waals surface area contributed by atoms with Gasteiger partial charge in [0.05, 0.1) is 6.61 Å². The molecular formula is C13H28N2O. The van der Waals surface area contributed by atoms with Crippen LogP contribution in [0.2, 0.25) is 0 Å². The van der Waals surface area contributed by atoms with Gasteiger partial charge in [-0.2, -0.15) is 0 Å². The Balaban J connectivity index is 2.25. The van der Waals surface area contributed by atoms with Crippen LogP contribution >= 0.6 is 0 Å². The molecule has 0 bridgehead atoms. The van der Waals surface area contributed by atoms with E-state index in [0.717, 1.165) is 44.9 Å². The van der Waals surface area contributed by atoms with Crippen LogP contribution in [0.25, 0.3) is 0 Å². The third-order valence-electron chi connectivity index (χ3n) is 3.55. The summed E-state index contributed by atoms with van der Waals surface area (Å²) in [4.78, 5) is 2.58. The van der Waals surface area contributed by atoms with Crippen LogP contribution in [0.4, 0.5) is 0 Å². The summed E-state index contributed by atoms with van der Waals surface area (Å²) in [6.07, 6.45) is 4.00. The molecule has 2 atom stereocenters. The van der Waals surface area contributed by atoms with Gasteiger partial charge in [0.25, 0.3) is 0 Å². The van der Waals surface area contributed by atoms with E-state index in [1.807, 2.05) is 0 Å². The zero-order chi connectivity index (χ0) is 11.8. The topological polar surface area (TPSA) is 24.5 Å². The average Bonchev–Trinajstić information content (AvgIpc) is 2.74. The van der Waals surface area contributed by atoms with Crippen LogP contribution in [0.3, 0.4) is 0 Å². The molecule has 0 heterocycles. The summed E-state index contributed by atoms with van der Waals surface area (Å²) in [5.74, 6) is 0. The van der Waals surface area contributed by atoms with Crippen molar-refractivity contribution in [1.29, 1.82) is 0 Å². The molecule has 0 aliphatic heterocycles. The summed E-state index contributed by atoms with van der Waals surface area (Å²) < 4.78 is 5.44. The van der Waals surface area contributed by atoms with Crippen molar-refractivity contribution >= 4 is 0 Å². The van der Waals surface area contributed by atoms with Gasteiger partial charge in [0.2, 0.25) is 0 Å². The quantitative estimate of drug-likeness (QED) is 0.642. The van der Waals surface area contributed by atoms with Crippen molar-refractivity contribution in [2.24, 2.45) is 0 Å². The summed E-state index contributed by atoms with van der Waals surface area (Å²) in [5.41, 5.74) is 0. The number of nitrogens with zero attached hydrogens (tertiary/aromatic N) is 1. The minimum atomic E-state index is 0.746. The van der Waals surface area contributed by atoms with Gasteiger partial charge in [0.15, 0.2) is 0 Å². The van der Waals surface area contributed by atoms with Crippen molar-refractivity contribution in [2.45, 2.75) is 52.1 Å². The summed E-state index contributed by atoms with van der Waals surface area (Å²) >= 11 is 0. The summed E-state index contributed by atoms with van der Waals surface area (Å²) in [7, 11) is 0. The van der Waals surface area contributed by atoms with Gasteiger partial charge < -0.3 is 10.1 Å². The lowest BCUT2D eigenvalue weighted by molar-refractivity contribution is 0.0971. The Morgan fingerprint density at radius 2 is 2.06 bits per heavy atom. The first-order chi connectivity index (χ1) is 7.81. The maximum absolute atomic E-state index is 5.44. The van der Waals surface area contributed by atoms with Gasteiger partial charge in [-0.25, -0.2) is 0 Å². The van der Waals surface area contributed by atoms with Crippen molar-refractivity contribution < 1.29 is 4.74 Å². The highest BCUT2D eigenvalue weighted by atomic mass is 16.5. The predicted octanol–water partition coefficient (Wildman–Crippen LogP) is 1.88. The van der Waals surface area contributed by atoms with E-state index in [4.69, 9.17) is 4.74 Å². The maximum atomic E-state index is 5.44. The van der Waals surface area contributed by atoms with Crippen LogP contribution in [0.15, 0.2) is 0 Å². The van der Waals surface area contributed by atoms with E-state index in [1.54, 1.807) is 0 Å². The van der Waals surface area contributed by atoms with Gasteiger partial charge in [-0.05, 0) is 39.3 Å². The van der Waals surface area contributed by atoms with Gasteiger partial charge in [-0.3, -0.25) is 4.90 Å². The van der Waals surface area contributed by atoms with Crippen LogP contribution in [-0.4, -0.2) is 49.8 Å². The molecule has 0 amide bonds. The molecule has 1 aliphatic carbocycles.